The highest BCUT2D eigenvalue weighted by Gasteiger charge is 2.12. The highest BCUT2D eigenvalue weighted by molar-refractivity contribution is 5.78. The molecule has 5 heteroatoms. The van der Waals surface area contributed by atoms with E-state index in [1.54, 1.807) is 6.20 Å². The lowest BCUT2D eigenvalue weighted by atomic mass is 10.1. The van der Waals surface area contributed by atoms with Gasteiger partial charge in [-0.2, -0.15) is 0 Å². The minimum Gasteiger partial charge on any atom is -0.378 e. The third-order valence-corrected chi connectivity index (χ3v) is 3.73. The summed E-state index contributed by atoms with van der Waals surface area (Å²) in [6.07, 6.45) is 5.50. The zero-order chi connectivity index (χ0) is 14.9. The quantitative estimate of drug-likeness (QED) is 0.741. The van der Waals surface area contributed by atoms with Gasteiger partial charge in [0.05, 0.1) is 18.2 Å². The van der Waals surface area contributed by atoms with Crippen LogP contribution in [-0.4, -0.2) is 43.2 Å². The number of ether oxygens (including phenoxy) is 1. The Morgan fingerprint density at radius 2 is 2.29 bits per heavy atom. The first-order chi connectivity index (χ1) is 10.3. The number of hydrogen-bond donors (Lipinski definition) is 2. The van der Waals surface area contributed by atoms with Crippen molar-refractivity contribution in [1.82, 2.24) is 15.6 Å². The Labute approximate surface area is 126 Å². The fourth-order valence-electron chi connectivity index (χ4n) is 2.43. The molecule has 1 aromatic heterocycles. The average molecular weight is 291 g/mol. The van der Waals surface area contributed by atoms with E-state index in [4.69, 9.17) is 4.74 Å². The molecule has 1 aliphatic rings. The van der Waals surface area contributed by atoms with Crippen LogP contribution in [0.2, 0.25) is 0 Å². The second-order valence-electron chi connectivity index (χ2n) is 5.47. The van der Waals surface area contributed by atoms with Crippen LogP contribution in [0.5, 0.6) is 0 Å². The van der Waals surface area contributed by atoms with Gasteiger partial charge in [0.15, 0.2) is 0 Å². The summed E-state index contributed by atoms with van der Waals surface area (Å²) in [7, 11) is 0. The van der Waals surface area contributed by atoms with Crippen molar-refractivity contribution in [1.29, 1.82) is 0 Å². The van der Waals surface area contributed by atoms with Crippen LogP contribution in [0, 0.1) is 6.92 Å². The molecule has 1 aliphatic heterocycles. The summed E-state index contributed by atoms with van der Waals surface area (Å²) < 4.78 is 5.80. The molecule has 2 rings (SSSR count). The van der Waals surface area contributed by atoms with Gasteiger partial charge in [0.1, 0.15) is 0 Å². The van der Waals surface area contributed by atoms with Crippen molar-refractivity contribution < 1.29 is 9.53 Å². The van der Waals surface area contributed by atoms with Crippen molar-refractivity contribution in [2.24, 2.45) is 0 Å². The van der Waals surface area contributed by atoms with Gasteiger partial charge < -0.3 is 15.4 Å². The van der Waals surface area contributed by atoms with Crippen LogP contribution in [0.25, 0.3) is 0 Å². The minimum atomic E-state index is 0.0265. The molecule has 0 radical (unpaired) electrons. The van der Waals surface area contributed by atoms with E-state index in [0.717, 1.165) is 43.6 Å². The fraction of sp³-hybridized carbons (Fsp3) is 0.625. The molecule has 116 valence electrons. The van der Waals surface area contributed by atoms with Crippen LogP contribution in [0.1, 0.15) is 30.5 Å². The Bertz CT molecular complexity index is 445. The molecule has 0 aromatic carbocycles. The van der Waals surface area contributed by atoms with Gasteiger partial charge in [0.2, 0.25) is 5.91 Å². The third-order valence-electron chi connectivity index (χ3n) is 3.73. The molecule has 0 saturated carbocycles. The molecule has 1 saturated heterocycles. The van der Waals surface area contributed by atoms with Gasteiger partial charge in [0.25, 0.3) is 0 Å². The lowest BCUT2D eigenvalue weighted by molar-refractivity contribution is -0.120. The molecule has 0 unspecified atom stereocenters. The van der Waals surface area contributed by atoms with Gasteiger partial charge in [-0.25, -0.2) is 0 Å². The summed E-state index contributed by atoms with van der Waals surface area (Å²) in [6, 6.07) is 3.86. The molecule has 2 heterocycles. The van der Waals surface area contributed by atoms with Crippen molar-refractivity contribution in [3.63, 3.8) is 0 Å². The van der Waals surface area contributed by atoms with Crippen molar-refractivity contribution in [2.75, 3.05) is 26.2 Å². The summed E-state index contributed by atoms with van der Waals surface area (Å²) in [5.74, 6) is 0.0265. The number of rotatable bonds is 7. The molecule has 2 N–H and O–H groups in total. The molecule has 0 spiro atoms. The van der Waals surface area contributed by atoms with E-state index in [-0.39, 0.29) is 5.91 Å². The predicted octanol–water partition coefficient (Wildman–Crippen LogP) is 1.21. The Hall–Kier alpha value is -1.46. The molecule has 0 atom stereocenters. The maximum Gasteiger partial charge on any atom is 0.226 e. The van der Waals surface area contributed by atoms with E-state index in [1.807, 2.05) is 19.1 Å². The molecule has 1 aromatic rings. The average Bonchev–Trinajstić information content (AvgIpc) is 2.50. The van der Waals surface area contributed by atoms with Crippen LogP contribution in [-0.2, 0) is 16.0 Å². The lowest BCUT2D eigenvalue weighted by Gasteiger charge is -2.22. The standard InChI is InChI=1S/C16H25N3O2/c1-13-4-2-7-18-15(13)12-16(20)19-8-3-11-21-14-5-9-17-10-6-14/h2,4,7,14,17H,3,5-6,8-12H2,1H3,(H,19,20). The number of nitrogens with one attached hydrogen (secondary N) is 2. The van der Waals surface area contributed by atoms with Crippen LogP contribution >= 0.6 is 0 Å². The number of amides is 1. The van der Waals surface area contributed by atoms with Crippen LogP contribution < -0.4 is 10.6 Å². The third kappa shape index (κ3) is 5.81. The van der Waals surface area contributed by atoms with E-state index >= 15 is 0 Å². The van der Waals surface area contributed by atoms with E-state index in [0.29, 0.717) is 25.7 Å². The molecular formula is C16H25N3O2. The molecule has 1 fully saturated rings. The first kappa shape index (κ1) is 15.9. The van der Waals surface area contributed by atoms with Crippen LogP contribution in [0.3, 0.4) is 0 Å². The maximum absolute atomic E-state index is 11.8. The smallest absolute Gasteiger partial charge is 0.226 e. The van der Waals surface area contributed by atoms with Gasteiger partial charge in [-0.3, -0.25) is 9.78 Å². The van der Waals surface area contributed by atoms with Crippen molar-refractivity contribution >= 4 is 5.91 Å². The molecule has 1 amide bonds. The zero-order valence-corrected chi connectivity index (χ0v) is 12.7. The topological polar surface area (TPSA) is 63.2 Å². The molecular weight excluding hydrogens is 266 g/mol. The molecule has 0 aliphatic carbocycles. The Morgan fingerprint density at radius 3 is 3.05 bits per heavy atom. The largest absolute Gasteiger partial charge is 0.378 e. The Morgan fingerprint density at radius 1 is 1.48 bits per heavy atom. The number of aromatic nitrogens is 1. The first-order valence-corrected chi connectivity index (χ1v) is 7.75. The lowest BCUT2D eigenvalue weighted by Crippen LogP contribution is -2.33. The number of carbonyl (C=O) groups excluding carboxylic acids is 1. The molecule has 0 bridgehead atoms. The minimum absolute atomic E-state index is 0.0265. The van der Waals surface area contributed by atoms with Crippen molar-refractivity contribution in [3.05, 3.63) is 29.6 Å². The van der Waals surface area contributed by atoms with Gasteiger partial charge in [-0.1, -0.05) is 6.07 Å². The highest BCUT2D eigenvalue weighted by Crippen LogP contribution is 2.07. The number of aryl methyl sites for hydroxylation is 1. The van der Waals surface area contributed by atoms with Crippen molar-refractivity contribution in [2.45, 2.75) is 38.7 Å². The summed E-state index contributed by atoms with van der Waals surface area (Å²) in [4.78, 5) is 16.1. The molecule has 5 nitrogen and oxygen atoms in total. The monoisotopic (exact) mass is 291 g/mol. The second kappa shape index (κ2) is 8.74. The van der Waals surface area contributed by atoms with E-state index in [9.17, 15) is 4.79 Å². The zero-order valence-electron chi connectivity index (χ0n) is 12.7. The number of carbonyl (C=O) groups is 1. The Kier molecular flexibility index (Phi) is 6.63. The normalized spacial score (nSPS) is 15.9. The number of nitrogens with zero attached hydrogens (tertiary/aromatic N) is 1. The summed E-state index contributed by atoms with van der Waals surface area (Å²) in [5, 5.41) is 6.24. The fourth-order valence-corrected chi connectivity index (χ4v) is 2.43. The van der Waals surface area contributed by atoms with E-state index < -0.39 is 0 Å². The Balaban J connectivity index is 1.56. The highest BCUT2D eigenvalue weighted by atomic mass is 16.5. The van der Waals surface area contributed by atoms with Crippen molar-refractivity contribution in [3.8, 4) is 0 Å². The van der Waals surface area contributed by atoms with E-state index in [1.165, 1.54) is 0 Å². The van der Waals surface area contributed by atoms with Crippen LogP contribution in [0.15, 0.2) is 18.3 Å². The molecule has 21 heavy (non-hydrogen) atoms. The van der Waals surface area contributed by atoms with Gasteiger partial charge in [-0.15, -0.1) is 0 Å². The van der Waals surface area contributed by atoms with Gasteiger partial charge in [0, 0.05) is 19.3 Å². The summed E-state index contributed by atoms with van der Waals surface area (Å²) in [6.45, 7) is 5.45. The van der Waals surface area contributed by atoms with Crippen LogP contribution in [0.4, 0.5) is 0 Å². The summed E-state index contributed by atoms with van der Waals surface area (Å²) in [5.41, 5.74) is 1.91. The first-order valence-electron chi connectivity index (χ1n) is 7.75. The number of piperidine rings is 1. The number of pyridine rings is 1. The number of hydrogen-bond acceptors (Lipinski definition) is 4. The SMILES string of the molecule is Cc1cccnc1CC(=O)NCCCOC1CCNCC1. The van der Waals surface area contributed by atoms with E-state index in [2.05, 4.69) is 15.6 Å². The second-order valence-corrected chi connectivity index (χ2v) is 5.47. The van der Waals surface area contributed by atoms with Gasteiger partial charge >= 0.3 is 0 Å². The maximum atomic E-state index is 11.8. The predicted molar refractivity (Wildman–Crippen MR) is 82.1 cm³/mol. The van der Waals surface area contributed by atoms with Gasteiger partial charge in [-0.05, 0) is 50.9 Å². The summed E-state index contributed by atoms with van der Waals surface area (Å²) >= 11 is 0.